The molecule has 6 nitrogen and oxygen atoms in total. The van der Waals surface area contributed by atoms with Crippen LogP contribution in [0.3, 0.4) is 0 Å². The zero-order valence-corrected chi connectivity index (χ0v) is 49.7. The van der Waals surface area contributed by atoms with Crippen LogP contribution in [0.25, 0.3) is 0 Å². The number of hydrogen-bond acceptors (Lipinski definition) is 6. The van der Waals surface area contributed by atoms with Gasteiger partial charge >= 0.3 is 17.9 Å². The normalized spacial score (nSPS) is 13.1. The van der Waals surface area contributed by atoms with Gasteiger partial charge in [-0.25, -0.2) is 0 Å². The third-order valence-electron chi connectivity index (χ3n) is 12.8. The van der Waals surface area contributed by atoms with Crippen LogP contribution < -0.4 is 0 Å². The fraction of sp³-hybridized carbons (Fsp3) is 0.620. The summed E-state index contributed by atoms with van der Waals surface area (Å²) in [7, 11) is 0. The fourth-order valence-corrected chi connectivity index (χ4v) is 8.17. The molecule has 0 fully saturated rings. The molecule has 0 rings (SSSR count). The summed E-state index contributed by atoms with van der Waals surface area (Å²) in [5.41, 5.74) is 0. The molecule has 0 spiro atoms. The summed E-state index contributed by atoms with van der Waals surface area (Å²) in [5, 5.41) is 0. The Hall–Kier alpha value is -4.71. The third kappa shape index (κ3) is 62.0. The van der Waals surface area contributed by atoms with Crippen molar-refractivity contribution >= 4 is 17.9 Å². The van der Waals surface area contributed by atoms with Gasteiger partial charge in [0.1, 0.15) is 13.2 Å². The van der Waals surface area contributed by atoms with E-state index in [0.29, 0.717) is 25.7 Å². The van der Waals surface area contributed by atoms with Gasteiger partial charge in [0.25, 0.3) is 0 Å². The Balaban J connectivity index is 4.53. The molecule has 434 valence electrons. The van der Waals surface area contributed by atoms with E-state index < -0.39 is 6.10 Å². The van der Waals surface area contributed by atoms with Gasteiger partial charge in [0.2, 0.25) is 0 Å². The van der Waals surface area contributed by atoms with Crippen LogP contribution in [0.5, 0.6) is 0 Å². The summed E-state index contributed by atoms with van der Waals surface area (Å²) in [6.07, 6.45) is 91.3. The quantitative estimate of drug-likeness (QED) is 0.0261. The molecule has 0 radical (unpaired) electrons. The second-order valence-electron chi connectivity index (χ2n) is 20.2. The van der Waals surface area contributed by atoms with Crippen molar-refractivity contribution in [1.29, 1.82) is 0 Å². The van der Waals surface area contributed by atoms with Crippen molar-refractivity contribution in [2.45, 2.75) is 271 Å². The minimum Gasteiger partial charge on any atom is -0.462 e. The molecule has 6 heteroatoms. The van der Waals surface area contributed by atoms with E-state index in [0.717, 1.165) is 141 Å². The Morgan fingerprint density at radius 3 is 0.818 bits per heavy atom. The van der Waals surface area contributed by atoms with Crippen LogP contribution >= 0.6 is 0 Å². The minimum atomic E-state index is -0.816. The van der Waals surface area contributed by atoms with E-state index in [1.54, 1.807) is 0 Å². The molecule has 0 heterocycles. The highest BCUT2D eigenvalue weighted by Crippen LogP contribution is 2.14. The molecule has 0 aliphatic rings. The van der Waals surface area contributed by atoms with Crippen molar-refractivity contribution in [1.82, 2.24) is 0 Å². The summed E-state index contributed by atoms with van der Waals surface area (Å²) in [4.78, 5) is 38.3. The van der Waals surface area contributed by atoms with E-state index in [9.17, 15) is 14.4 Å². The molecule has 0 aliphatic heterocycles. The van der Waals surface area contributed by atoms with Crippen LogP contribution in [0.2, 0.25) is 0 Å². The first-order valence-corrected chi connectivity index (χ1v) is 31.3. The molecule has 0 aromatic rings. The van der Waals surface area contributed by atoms with E-state index in [1.807, 2.05) is 0 Å². The van der Waals surface area contributed by atoms with Crippen LogP contribution in [0.15, 0.2) is 146 Å². The van der Waals surface area contributed by atoms with Gasteiger partial charge in [-0.2, -0.15) is 0 Å². The van der Waals surface area contributed by atoms with Gasteiger partial charge in [-0.15, -0.1) is 0 Å². The lowest BCUT2D eigenvalue weighted by Crippen LogP contribution is -2.30. The standard InChI is InChI=1S/C71H114O6/c1-4-7-10-13-16-19-22-25-28-31-33-35-37-40-43-46-49-52-55-58-61-64-70(73)76-67-68(66-75-69(72)63-60-57-54-51-48-45-42-39-30-27-24-21-18-15-12-9-6-3)77-71(74)65-62-59-56-53-50-47-44-41-38-36-34-32-29-26-23-20-17-14-11-8-5-2/h7,9-10,12,16,18-19,21,23,25-28,30,32-35,38,40-41,43,49,52,68H,4-6,8,11,13-15,17,20,22,24,29,31,36-37,39,42,44-48,50-51,53-67H2,1-3H3/b10-7-,12-9-,19-16-,21-18-,26-23-,28-25-,30-27-,34-32-,35-33-,41-38-,43-40-,52-49-. The van der Waals surface area contributed by atoms with Crippen LogP contribution in [-0.4, -0.2) is 37.2 Å². The predicted octanol–water partition coefficient (Wildman–Crippen LogP) is 21.5. The molecule has 0 saturated heterocycles. The first-order chi connectivity index (χ1) is 38.0. The Morgan fingerprint density at radius 1 is 0.273 bits per heavy atom. The van der Waals surface area contributed by atoms with Gasteiger partial charge in [-0.05, 0) is 141 Å². The van der Waals surface area contributed by atoms with E-state index in [4.69, 9.17) is 14.2 Å². The van der Waals surface area contributed by atoms with Crippen molar-refractivity contribution in [2.24, 2.45) is 0 Å². The second kappa shape index (κ2) is 63.8. The molecular weight excluding hydrogens is 949 g/mol. The maximum Gasteiger partial charge on any atom is 0.306 e. The zero-order valence-electron chi connectivity index (χ0n) is 49.7. The Morgan fingerprint density at radius 2 is 0.506 bits per heavy atom. The van der Waals surface area contributed by atoms with Crippen LogP contribution in [0.4, 0.5) is 0 Å². The average molecular weight is 1060 g/mol. The van der Waals surface area contributed by atoms with E-state index in [1.165, 1.54) is 77.0 Å². The topological polar surface area (TPSA) is 78.9 Å². The first-order valence-electron chi connectivity index (χ1n) is 31.3. The Bertz CT molecular complexity index is 1700. The highest BCUT2D eigenvalue weighted by molar-refractivity contribution is 5.71. The minimum absolute atomic E-state index is 0.108. The smallest absolute Gasteiger partial charge is 0.306 e. The van der Waals surface area contributed by atoms with Crippen molar-refractivity contribution < 1.29 is 28.6 Å². The monoisotopic (exact) mass is 1060 g/mol. The summed E-state index contributed by atoms with van der Waals surface area (Å²) in [6.45, 7) is 6.35. The van der Waals surface area contributed by atoms with Crippen molar-refractivity contribution in [3.63, 3.8) is 0 Å². The molecule has 0 amide bonds. The van der Waals surface area contributed by atoms with Gasteiger partial charge in [0, 0.05) is 19.3 Å². The maximum atomic E-state index is 12.9. The number of carbonyl (C=O) groups is 3. The number of esters is 3. The Labute approximate surface area is 474 Å². The van der Waals surface area contributed by atoms with Gasteiger partial charge in [-0.1, -0.05) is 250 Å². The number of ether oxygens (including phenoxy) is 3. The predicted molar refractivity (Wildman–Crippen MR) is 334 cm³/mol. The number of allylic oxidation sites excluding steroid dienone is 24. The summed E-state index contributed by atoms with van der Waals surface area (Å²) in [5.74, 6) is -0.976. The van der Waals surface area contributed by atoms with E-state index >= 15 is 0 Å². The molecule has 0 aromatic heterocycles. The molecule has 0 bridgehead atoms. The number of carbonyl (C=O) groups excluding carboxylic acids is 3. The van der Waals surface area contributed by atoms with Gasteiger partial charge in [-0.3, -0.25) is 14.4 Å². The molecule has 0 aromatic carbocycles. The van der Waals surface area contributed by atoms with Crippen molar-refractivity contribution in [3.8, 4) is 0 Å². The van der Waals surface area contributed by atoms with Crippen LogP contribution in [-0.2, 0) is 28.6 Å². The lowest BCUT2D eigenvalue weighted by molar-refractivity contribution is -0.167. The molecule has 1 unspecified atom stereocenters. The molecule has 0 N–H and O–H groups in total. The first kappa shape index (κ1) is 72.3. The van der Waals surface area contributed by atoms with Crippen molar-refractivity contribution in [2.75, 3.05) is 13.2 Å². The molecule has 77 heavy (non-hydrogen) atoms. The average Bonchev–Trinajstić information content (AvgIpc) is 3.43. The lowest BCUT2D eigenvalue weighted by atomic mass is 10.1. The van der Waals surface area contributed by atoms with E-state index in [-0.39, 0.29) is 31.1 Å². The summed E-state index contributed by atoms with van der Waals surface area (Å²) >= 11 is 0. The summed E-state index contributed by atoms with van der Waals surface area (Å²) in [6, 6.07) is 0. The van der Waals surface area contributed by atoms with Gasteiger partial charge < -0.3 is 14.2 Å². The number of unbranched alkanes of at least 4 members (excludes halogenated alkanes) is 20. The van der Waals surface area contributed by atoms with Crippen LogP contribution in [0.1, 0.15) is 265 Å². The molecule has 0 aliphatic carbocycles. The second-order valence-corrected chi connectivity index (χ2v) is 20.2. The highest BCUT2D eigenvalue weighted by atomic mass is 16.6. The fourth-order valence-electron chi connectivity index (χ4n) is 8.17. The van der Waals surface area contributed by atoms with E-state index in [2.05, 4.69) is 167 Å². The molecule has 0 saturated carbocycles. The number of hydrogen-bond donors (Lipinski definition) is 0. The maximum absolute atomic E-state index is 12.9. The summed E-state index contributed by atoms with van der Waals surface area (Å²) < 4.78 is 16.9. The molecule has 1 atom stereocenters. The zero-order chi connectivity index (χ0) is 55.7. The lowest BCUT2D eigenvalue weighted by Gasteiger charge is -2.18. The van der Waals surface area contributed by atoms with Crippen LogP contribution in [0, 0.1) is 0 Å². The SMILES string of the molecule is CC/C=C\C/C=C\C/C=C\C/C=C\C/C=C\C/C=C\CCCCC(=O)OCC(COC(=O)CCCCCCCCC/C=C\C/C=C\C/C=C\CC)OC(=O)CCCCCCCC/C=C\C/C=C\C/C=C\CCCCCCC. The van der Waals surface area contributed by atoms with Gasteiger partial charge in [0.05, 0.1) is 0 Å². The largest absolute Gasteiger partial charge is 0.462 e. The third-order valence-corrected chi connectivity index (χ3v) is 12.8. The number of rotatable bonds is 55. The molecular formula is C71H114O6. The van der Waals surface area contributed by atoms with Crippen molar-refractivity contribution in [3.05, 3.63) is 146 Å². The highest BCUT2D eigenvalue weighted by Gasteiger charge is 2.19. The van der Waals surface area contributed by atoms with Gasteiger partial charge in [0.15, 0.2) is 6.10 Å². The Kier molecular flexibility index (Phi) is 59.9.